The number of pyridine rings is 1. The summed E-state index contributed by atoms with van der Waals surface area (Å²) < 4.78 is 1.82. The van der Waals surface area contributed by atoms with Crippen molar-refractivity contribution in [2.75, 3.05) is 0 Å². The third-order valence-corrected chi connectivity index (χ3v) is 1.38. The number of hydrogen-bond acceptors (Lipinski definition) is 2. The van der Waals surface area contributed by atoms with Crippen molar-refractivity contribution in [1.29, 1.82) is 0 Å². The van der Waals surface area contributed by atoms with E-state index >= 15 is 0 Å². The van der Waals surface area contributed by atoms with Crippen molar-refractivity contribution >= 4 is 5.70 Å². The zero-order chi connectivity index (χ0) is 8.27. The Morgan fingerprint density at radius 1 is 1.64 bits per heavy atom. The van der Waals surface area contributed by atoms with E-state index < -0.39 is 0 Å². The van der Waals surface area contributed by atoms with Gasteiger partial charge in [-0.05, 0) is 19.1 Å². The molecule has 3 heteroatoms. The van der Waals surface area contributed by atoms with E-state index in [4.69, 9.17) is 5.84 Å². The summed E-state index contributed by atoms with van der Waals surface area (Å²) in [6.07, 6.45) is 1.87. The number of nitrogens with two attached hydrogens (primary N) is 1. The Morgan fingerprint density at radius 2 is 2.36 bits per heavy atom. The summed E-state index contributed by atoms with van der Waals surface area (Å²) in [5.41, 5.74) is 1.61. The Morgan fingerprint density at radius 3 is 2.82 bits per heavy atom. The SMILES string of the molecule is C=C(C)n1cccc/c1=N/N. The van der Waals surface area contributed by atoms with Crippen LogP contribution < -0.4 is 11.3 Å². The van der Waals surface area contributed by atoms with Gasteiger partial charge in [0.1, 0.15) is 0 Å². The monoisotopic (exact) mass is 149 g/mol. The molecule has 0 saturated carbocycles. The highest BCUT2D eigenvalue weighted by atomic mass is 15.2. The normalized spacial score (nSPS) is 11.5. The van der Waals surface area contributed by atoms with Gasteiger partial charge >= 0.3 is 0 Å². The molecule has 0 unspecified atom stereocenters. The van der Waals surface area contributed by atoms with Crippen molar-refractivity contribution in [2.24, 2.45) is 10.9 Å². The van der Waals surface area contributed by atoms with E-state index in [2.05, 4.69) is 11.7 Å². The zero-order valence-electron chi connectivity index (χ0n) is 6.49. The molecule has 0 aromatic carbocycles. The van der Waals surface area contributed by atoms with Crippen molar-refractivity contribution < 1.29 is 0 Å². The largest absolute Gasteiger partial charge is 0.321 e. The minimum absolute atomic E-state index is 0.708. The summed E-state index contributed by atoms with van der Waals surface area (Å²) in [6, 6.07) is 5.61. The van der Waals surface area contributed by atoms with Crippen molar-refractivity contribution in [1.82, 2.24) is 4.57 Å². The molecular weight excluding hydrogens is 138 g/mol. The van der Waals surface area contributed by atoms with Crippen molar-refractivity contribution in [3.8, 4) is 0 Å². The van der Waals surface area contributed by atoms with Crippen LogP contribution in [0.4, 0.5) is 0 Å². The van der Waals surface area contributed by atoms with Crippen LogP contribution in [0, 0.1) is 0 Å². The summed E-state index contributed by atoms with van der Waals surface area (Å²) in [4.78, 5) is 0. The van der Waals surface area contributed by atoms with Crippen LogP contribution in [0.15, 0.2) is 36.1 Å². The second-order valence-corrected chi connectivity index (χ2v) is 2.29. The van der Waals surface area contributed by atoms with Gasteiger partial charge in [-0.1, -0.05) is 12.6 Å². The van der Waals surface area contributed by atoms with Gasteiger partial charge in [0.2, 0.25) is 0 Å². The number of aromatic nitrogens is 1. The fourth-order valence-electron chi connectivity index (χ4n) is 0.862. The first-order valence-electron chi connectivity index (χ1n) is 3.33. The number of rotatable bonds is 1. The maximum absolute atomic E-state index is 5.15. The Balaban J connectivity index is 3.36. The standard InChI is InChI=1S/C8H11N3/c1-7(2)11-6-4-3-5-8(11)10-9/h3-6H,1,9H2,2H3/b10-8-. The van der Waals surface area contributed by atoms with Crippen LogP contribution in [-0.2, 0) is 0 Å². The lowest BCUT2D eigenvalue weighted by Gasteiger charge is -2.03. The Hall–Kier alpha value is -1.51. The highest BCUT2D eigenvalue weighted by Crippen LogP contribution is 1.92. The molecule has 0 saturated heterocycles. The molecule has 3 nitrogen and oxygen atoms in total. The van der Waals surface area contributed by atoms with Crippen LogP contribution in [0.3, 0.4) is 0 Å². The highest BCUT2D eigenvalue weighted by Gasteiger charge is 1.89. The topological polar surface area (TPSA) is 43.3 Å². The van der Waals surface area contributed by atoms with Gasteiger partial charge < -0.3 is 10.4 Å². The molecule has 58 valence electrons. The van der Waals surface area contributed by atoms with Crippen LogP contribution >= 0.6 is 0 Å². The minimum atomic E-state index is 0.708. The average molecular weight is 149 g/mol. The number of nitrogens with zero attached hydrogens (tertiary/aromatic N) is 2. The van der Waals surface area contributed by atoms with E-state index in [1.54, 1.807) is 0 Å². The van der Waals surface area contributed by atoms with Gasteiger partial charge in [0.15, 0.2) is 5.49 Å². The van der Waals surface area contributed by atoms with Gasteiger partial charge in [-0.2, -0.15) is 5.10 Å². The van der Waals surface area contributed by atoms with Crippen LogP contribution in [0.25, 0.3) is 5.70 Å². The molecule has 0 aliphatic carbocycles. The predicted octanol–water partition coefficient (Wildman–Crippen LogP) is 0.753. The Bertz CT molecular complexity index is 322. The van der Waals surface area contributed by atoms with Crippen LogP contribution in [0.5, 0.6) is 0 Å². The maximum Gasteiger partial charge on any atom is 0.156 e. The fourth-order valence-corrected chi connectivity index (χ4v) is 0.862. The van der Waals surface area contributed by atoms with Crippen LogP contribution in [-0.4, -0.2) is 4.57 Å². The molecular formula is C8H11N3. The second-order valence-electron chi connectivity index (χ2n) is 2.29. The molecule has 0 radical (unpaired) electrons. The maximum atomic E-state index is 5.15. The first-order chi connectivity index (χ1) is 5.25. The fraction of sp³-hybridized carbons (Fsp3) is 0.125. The molecule has 1 rings (SSSR count). The first-order valence-corrected chi connectivity index (χ1v) is 3.33. The number of allylic oxidation sites excluding steroid dienone is 1. The average Bonchev–Trinajstić information content (AvgIpc) is 2.04. The smallest absolute Gasteiger partial charge is 0.156 e. The molecule has 0 atom stereocenters. The molecule has 0 bridgehead atoms. The second kappa shape index (κ2) is 3.05. The molecule has 1 heterocycles. The molecule has 0 aliphatic heterocycles. The van der Waals surface area contributed by atoms with Crippen molar-refractivity contribution in [3.05, 3.63) is 36.5 Å². The van der Waals surface area contributed by atoms with Crippen LogP contribution in [0.2, 0.25) is 0 Å². The molecule has 0 amide bonds. The van der Waals surface area contributed by atoms with Gasteiger partial charge in [-0.15, -0.1) is 0 Å². The van der Waals surface area contributed by atoms with Gasteiger partial charge in [-0.3, -0.25) is 0 Å². The van der Waals surface area contributed by atoms with Crippen molar-refractivity contribution in [3.63, 3.8) is 0 Å². The van der Waals surface area contributed by atoms with Crippen LogP contribution in [0.1, 0.15) is 6.92 Å². The Labute approximate surface area is 65.5 Å². The van der Waals surface area contributed by atoms with Gasteiger partial charge in [0.25, 0.3) is 0 Å². The molecule has 0 aliphatic rings. The molecule has 1 aromatic heterocycles. The van der Waals surface area contributed by atoms with E-state index in [1.165, 1.54) is 0 Å². The molecule has 0 spiro atoms. The van der Waals surface area contributed by atoms with E-state index in [9.17, 15) is 0 Å². The summed E-state index contributed by atoms with van der Waals surface area (Å²) in [7, 11) is 0. The molecule has 0 fully saturated rings. The summed E-state index contributed by atoms with van der Waals surface area (Å²) >= 11 is 0. The first kappa shape index (κ1) is 7.60. The summed E-state index contributed by atoms with van der Waals surface area (Å²) in [6.45, 7) is 5.68. The summed E-state index contributed by atoms with van der Waals surface area (Å²) in [5, 5.41) is 3.59. The lowest BCUT2D eigenvalue weighted by Crippen LogP contribution is -2.19. The van der Waals surface area contributed by atoms with E-state index in [0.29, 0.717) is 5.49 Å². The minimum Gasteiger partial charge on any atom is -0.321 e. The third-order valence-electron chi connectivity index (χ3n) is 1.38. The van der Waals surface area contributed by atoms with E-state index in [0.717, 1.165) is 5.70 Å². The van der Waals surface area contributed by atoms with E-state index in [-0.39, 0.29) is 0 Å². The quantitative estimate of drug-likeness (QED) is 0.464. The molecule has 11 heavy (non-hydrogen) atoms. The lowest BCUT2D eigenvalue weighted by atomic mass is 10.4. The van der Waals surface area contributed by atoms with Gasteiger partial charge in [-0.25, -0.2) is 0 Å². The highest BCUT2D eigenvalue weighted by molar-refractivity contribution is 5.37. The zero-order valence-corrected chi connectivity index (χ0v) is 6.49. The van der Waals surface area contributed by atoms with Gasteiger partial charge in [0.05, 0.1) is 0 Å². The molecule has 1 aromatic rings. The number of hydrogen-bond donors (Lipinski definition) is 1. The van der Waals surface area contributed by atoms with Crippen molar-refractivity contribution in [2.45, 2.75) is 6.92 Å². The van der Waals surface area contributed by atoms with Gasteiger partial charge in [0, 0.05) is 11.9 Å². The third kappa shape index (κ3) is 1.49. The summed E-state index contributed by atoms with van der Waals surface area (Å²) in [5.74, 6) is 5.15. The predicted molar refractivity (Wildman–Crippen MR) is 45.2 cm³/mol. The Kier molecular flexibility index (Phi) is 2.11. The molecule has 2 N–H and O–H groups in total. The van der Waals surface area contributed by atoms with E-state index in [1.807, 2.05) is 35.9 Å². The lowest BCUT2D eigenvalue weighted by molar-refractivity contribution is 0.929.